The zero-order valence-electron chi connectivity index (χ0n) is 9.94. The zero-order chi connectivity index (χ0) is 12.4. The van der Waals surface area contributed by atoms with Gasteiger partial charge in [-0.15, -0.1) is 11.3 Å². The second-order valence-corrected chi connectivity index (χ2v) is 6.18. The third kappa shape index (κ3) is 2.98. The van der Waals surface area contributed by atoms with Gasteiger partial charge < -0.3 is 4.42 Å². The lowest BCUT2D eigenvalue weighted by atomic mass is 10.2. The number of ketones is 1. The number of thiophene rings is 1. The van der Waals surface area contributed by atoms with E-state index in [1.165, 1.54) is 16.6 Å². The molecule has 90 valence electrons. The number of aryl methyl sites for hydroxylation is 3. The first-order valence-electron chi connectivity index (χ1n) is 5.21. The van der Waals surface area contributed by atoms with Crippen LogP contribution in [-0.4, -0.2) is 16.5 Å². The first-order chi connectivity index (χ1) is 8.06. The summed E-state index contributed by atoms with van der Waals surface area (Å²) >= 11 is 2.99. The lowest BCUT2D eigenvalue weighted by Crippen LogP contribution is -2.02. The van der Waals surface area contributed by atoms with Crippen molar-refractivity contribution in [1.82, 2.24) is 4.98 Å². The minimum absolute atomic E-state index is 0.132. The number of carbonyl (C=O) groups excluding carboxylic acids is 1. The van der Waals surface area contributed by atoms with Crippen molar-refractivity contribution in [3.05, 3.63) is 33.3 Å². The zero-order valence-corrected chi connectivity index (χ0v) is 11.6. The number of rotatable bonds is 4. The molecular formula is C12H13NO2S2. The molecule has 0 fully saturated rings. The maximum Gasteiger partial charge on any atom is 0.256 e. The molecule has 0 aliphatic carbocycles. The lowest BCUT2D eigenvalue weighted by molar-refractivity contribution is 0.102. The Morgan fingerprint density at radius 1 is 1.47 bits per heavy atom. The van der Waals surface area contributed by atoms with Gasteiger partial charge in [-0.3, -0.25) is 4.79 Å². The van der Waals surface area contributed by atoms with Crippen molar-refractivity contribution in [2.75, 3.05) is 5.75 Å². The summed E-state index contributed by atoms with van der Waals surface area (Å²) in [6.45, 7) is 5.85. The molecule has 0 saturated heterocycles. The fourth-order valence-corrected chi connectivity index (χ4v) is 3.19. The fraction of sp³-hybridized carbons (Fsp3) is 0.333. The van der Waals surface area contributed by atoms with E-state index < -0.39 is 0 Å². The molecule has 2 heterocycles. The van der Waals surface area contributed by atoms with Crippen LogP contribution in [-0.2, 0) is 0 Å². The fourth-order valence-electron chi connectivity index (χ4n) is 1.51. The van der Waals surface area contributed by atoms with Crippen molar-refractivity contribution in [2.24, 2.45) is 0 Å². The Kier molecular flexibility index (Phi) is 3.69. The van der Waals surface area contributed by atoms with E-state index in [9.17, 15) is 4.79 Å². The standard InChI is InChI=1S/C12H13NO2S2/c1-7-5-15-12(13-7)16-6-11(14)10-4-8(2)17-9(10)3/h4-5H,6H2,1-3H3. The van der Waals surface area contributed by atoms with Crippen molar-refractivity contribution in [3.63, 3.8) is 0 Å². The van der Waals surface area contributed by atoms with Gasteiger partial charge in [0, 0.05) is 15.3 Å². The van der Waals surface area contributed by atoms with Crippen molar-refractivity contribution in [2.45, 2.75) is 26.0 Å². The van der Waals surface area contributed by atoms with Crippen molar-refractivity contribution < 1.29 is 9.21 Å². The maximum absolute atomic E-state index is 12.0. The Hall–Kier alpha value is -1.07. The molecule has 0 saturated carbocycles. The summed E-state index contributed by atoms with van der Waals surface area (Å²) in [5.41, 5.74) is 1.66. The molecule has 0 N–H and O–H groups in total. The van der Waals surface area contributed by atoms with E-state index >= 15 is 0 Å². The second kappa shape index (κ2) is 5.06. The van der Waals surface area contributed by atoms with Crippen LogP contribution in [0.1, 0.15) is 25.8 Å². The Balaban J connectivity index is 2.00. The summed E-state index contributed by atoms with van der Waals surface area (Å²) in [5.74, 6) is 0.504. The normalized spacial score (nSPS) is 10.8. The molecular weight excluding hydrogens is 254 g/mol. The van der Waals surface area contributed by atoms with Gasteiger partial charge in [-0.05, 0) is 26.8 Å². The molecule has 0 aliphatic rings. The summed E-state index contributed by atoms with van der Waals surface area (Å²) in [6.07, 6.45) is 1.59. The molecule has 17 heavy (non-hydrogen) atoms. The molecule has 3 nitrogen and oxygen atoms in total. The van der Waals surface area contributed by atoms with Gasteiger partial charge in [-0.2, -0.15) is 0 Å². The first kappa shape index (κ1) is 12.4. The maximum atomic E-state index is 12.0. The van der Waals surface area contributed by atoms with Crippen molar-refractivity contribution in [3.8, 4) is 0 Å². The van der Waals surface area contributed by atoms with E-state index in [0.29, 0.717) is 11.0 Å². The van der Waals surface area contributed by atoms with Gasteiger partial charge in [-0.1, -0.05) is 11.8 Å². The van der Waals surface area contributed by atoms with Gasteiger partial charge in [0.2, 0.25) is 0 Å². The first-order valence-corrected chi connectivity index (χ1v) is 7.01. The molecule has 5 heteroatoms. The Bertz CT molecular complexity index is 542. The van der Waals surface area contributed by atoms with E-state index in [0.717, 1.165) is 16.1 Å². The summed E-state index contributed by atoms with van der Waals surface area (Å²) in [7, 11) is 0. The summed E-state index contributed by atoms with van der Waals surface area (Å²) in [6, 6.07) is 1.95. The monoisotopic (exact) mass is 267 g/mol. The highest BCUT2D eigenvalue weighted by Gasteiger charge is 2.13. The minimum Gasteiger partial charge on any atom is -0.440 e. The molecule has 0 atom stereocenters. The molecule has 2 rings (SSSR count). The SMILES string of the molecule is Cc1coc(SCC(=O)c2cc(C)sc2C)n1. The molecule has 0 aromatic carbocycles. The largest absolute Gasteiger partial charge is 0.440 e. The number of hydrogen-bond donors (Lipinski definition) is 0. The predicted octanol–water partition coefficient (Wildman–Crippen LogP) is 3.64. The van der Waals surface area contributed by atoms with Crippen molar-refractivity contribution in [1.29, 1.82) is 0 Å². The molecule has 2 aromatic heterocycles. The summed E-state index contributed by atoms with van der Waals surface area (Å²) in [4.78, 5) is 18.4. The molecule has 2 aromatic rings. The number of Topliss-reactive ketones (excluding diaryl/α,β-unsaturated/α-hetero) is 1. The smallest absolute Gasteiger partial charge is 0.256 e. The topological polar surface area (TPSA) is 43.1 Å². The number of hydrogen-bond acceptors (Lipinski definition) is 5. The van der Waals surface area contributed by atoms with Gasteiger partial charge in [0.05, 0.1) is 11.4 Å². The highest BCUT2D eigenvalue weighted by atomic mass is 32.2. The lowest BCUT2D eigenvalue weighted by Gasteiger charge is -1.97. The number of aromatic nitrogens is 1. The van der Waals surface area contributed by atoms with Crippen molar-refractivity contribution >= 4 is 28.9 Å². The second-order valence-electron chi connectivity index (χ2n) is 3.79. The van der Waals surface area contributed by atoms with Crippen LogP contribution in [0.25, 0.3) is 0 Å². The van der Waals surface area contributed by atoms with Gasteiger partial charge >= 0.3 is 0 Å². The predicted molar refractivity (Wildman–Crippen MR) is 70.1 cm³/mol. The average molecular weight is 267 g/mol. The summed E-state index contributed by atoms with van der Waals surface area (Å²) in [5, 5.41) is 0.556. The average Bonchev–Trinajstić information content (AvgIpc) is 2.81. The summed E-state index contributed by atoms with van der Waals surface area (Å²) < 4.78 is 5.19. The quantitative estimate of drug-likeness (QED) is 0.626. The van der Waals surface area contributed by atoms with Crippen LogP contribution in [0.4, 0.5) is 0 Å². The van der Waals surface area contributed by atoms with Crippen LogP contribution in [0, 0.1) is 20.8 Å². The van der Waals surface area contributed by atoms with Crippen LogP contribution in [0.3, 0.4) is 0 Å². The van der Waals surface area contributed by atoms with Crippen LogP contribution in [0.2, 0.25) is 0 Å². The Labute approximate surface area is 108 Å². The third-order valence-corrected chi connectivity index (χ3v) is 4.07. The van der Waals surface area contributed by atoms with E-state index in [4.69, 9.17) is 4.42 Å². The van der Waals surface area contributed by atoms with Gasteiger partial charge in [0.1, 0.15) is 6.26 Å². The Morgan fingerprint density at radius 3 is 2.76 bits per heavy atom. The number of carbonyl (C=O) groups is 1. The molecule has 0 spiro atoms. The molecule has 0 aliphatic heterocycles. The molecule has 0 bridgehead atoms. The minimum atomic E-state index is 0.132. The Morgan fingerprint density at radius 2 is 2.24 bits per heavy atom. The van der Waals surface area contributed by atoms with Crippen LogP contribution >= 0.6 is 23.1 Å². The van der Waals surface area contributed by atoms with Crippen LogP contribution in [0.5, 0.6) is 0 Å². The number of oxazole rings is 1. The van der Waals surface area contributed by atoms with Crippen LogP contribution in [0.15, 0.2) is 22.0 Å². The van der Waals surface area contributed by atoms with E-state index in [2.05, 4.69) is 4.98 Å². The number of thioether (sulfide) groups is 1. The van der Waals surface area contributed by atoms with Gasteiger partial charge in [-0.25, -0.2) is 4.98 Å². The van der Waals surface area contributed by atoms with Crippen LogP contribution < -0.4 is 0 Å². The highest BCUT2D eigenvalue weighted by Crippen LogP contribution is 2.24. The molecule has 0 unspecified atom stereocenters. The number of nitrogens with zero attached hydrogens (tertiary/aromatic N) is 1. The van der Waals surface area contributed by atoms with E-state index in [-0.39, 0.29) is 5.78 Å². The van der Waals surface area contributed by atoms with Gasteiger partial charge in [0.25, 0.3) is 5.22 Å². The molecule has 0 amide bonds. The van der Waals surface area contributed by atoms with Gasteiger partial charge in [0.15, 0.2) is 5.78 Å². The highest BCUT2D eigenvalue weighted by molar-refractivity contribution is 7.99. The molecule has 0 radical (unpaired) electrons. The van der Waals surface area contributed by atoms with E-state index in [1.807, 2.05) is 26.8 Å². The van der Waals surface area contributed by atoms with E-state index in [1.54, 1.807) is 17.6 Å². The third-order valence-electron chi connectivity index (χ3n) is 2.27.